The molecule has 0 fully saturated rings. The number of amides is 1. The van der Waals surface area contributed by atoms with Crippen molar-refractivity contribution in [1.29, 1.82) is 0 Å². The van der Waals surface area contributed by atoms with E-state index in [-0.39, 0.29) is 18.0 Å². The van der Waals surface area contributed by atoms with Crippen LogP contribution in [0.1, 0.15) is 6.42 Å². The minimum atomic E-state index is -0.322. The van der Waals surface area contributed by atoms with E-state index in [9.17, 15) is 9.59 Å². The van der Waals surface area contributed by atoms with Gasteiger partial charge < -0.3 is 14.8 Å². The Morgan fingerprint density at radius 3 is 2.81 bits per heavy atom. The van der Waals surface area contributed by atoms with Crippen LogP contribution in [-0.4, -0.2) is 28.7 Å². The minimum Gasteiger partial charge on any atom is -0.490 e. The summed E-state index contributed by atoms with van der Waals surface area (Å²) in [4.78, 5) is 28.7. The van der Waals surface area contributed by atoms with Gasteiger partial charge in [0.2, 0.25) is 5.91 Å². The quantitative estimate of drug-likeness (QED) is 0.782. The molecular formula is C19H17N3O4. The maximum absolute atomic E-state index is 12.5. The van der Waals surface area contributed by atoms with E-state index in [1.807, 2.05) is 12.1 Å². The number of fused-ring (bicyclic) bond motifs is 2. The highest BCUT2D eigenvalue weighted by Gasteiger charge is 2.13. The molecular weight excluding hydrogens is 334 g/mol. The van der Waals surface area contributed by atoms with Gasteiger partial charge in [-0.05, 0) is 24.3 Å². The van der Waals surface area contributed by atoms with Gasteiger partial charge in [0.05, 0.1) is 30.4 Å². The van der Waals surface area contributed by atoms with Crippen molar-refractivity contribution in [2.24, 2.45) is 0 Å². The minimum absolute atomic E-state index is 0.101. The van der Waals surface area contributed by atoms with Crippen molar-refractivity contribution in [2.45, 2.75) is 13.0 Å². The highest BCUT2D eigenvalue weighted by Crippen LogP contribution is 2.32. The van der Waals surface area contributed by atoms with Crippen molar-refractivity contribution in [1.82, 2.24) is 9.55 Å². The molecule has 0 bridgehead atoms. The summed E-state index contributed by atoms with van der Waals surface area (Å²) in [5.74, 6) is 0.960. The summed E-state index contributed by atoms with van der Waals surface area (Å²) in [6.45, 7) is 1.08. The second-order valence-corrected chi connectivity index (χ2v) is 5.93. The summed E-state index contributed by atoms with van der Waals surface area (Å²) in [5, 5.41) is 2.80. The molecule has 1 N–H and O–H groups in total. The SMILES string of the molecule is O=C(Cn1c(=O)cnc2ccccc21)Nc1ccc2c(c1)OCCCO2. The van der Waals surface area contributed by atoms with Crippen molar-refractivity contribution >= 4 is 22.6 Å². The zero-order chi connectivity index (χ0) is 17.9. The molecule has 0 saturated heterocycles. The van der Waals surface area contributed by atoms with E-state index in [1.165, 1.54) is 10.8 Å². The third-order valence-electron chi connectivity index (χ3n) is 4.09. The first-order chi connectivity index (χ1) is 12.7. The number of nitrogens with zero attached hydrogens (tertiary/aromatic N) is 2. The zero-order valence-electron chi connectivity index (χ0n) is 14.0. The van der Waals surface area contributed by atoms with Crippen molar-refractivity contribution in [3.8, 4) is 11.5 Å². The molecule has 0 atom stereocenters. The third kappa shape index (κ3) is 3.23. The van der Waals surface area contributed by atoms with Crippen LogP contribution in [0.15, 0.2) is 53.5 Å². The van der Waals surface area contributed by atoms with E-state index in [4.69, 9.17) is 9.47 Å². The molecule has 4 rings (SSSR count). The Kier molecular flexibility index (Phi) is 4.27. The molecule has 7 nitrogen and oxygen atoms in total. The number of aromatic nitrogens is 2. The number of benzene rings is 2. The average Bonchev–Trinajstić information content (AvgIpc) is 2.89. The summed E-state index contributed by atoms with van der Waals surface area (Å²) in [5.41, 5.74) is 1.55. The third-order valence-corrected chi connectivity index (χ3v) is 4.09. The van der Waals surface area contributed by atoms with Gasteiger partial charge in [-0.1, -0.05) is 12.1 Å². The summed E-state index contributed by atoms with van der Waals surface area (Å²) < 4.78 is 12.6. The fourth-order valence-corrected chi connectivity index (χ4v) is 2.86. The number of carbonyl (C=O) groups is 1. The van der Waals surface area contributed by atoms with Crippen LogP contribution in [0, 0.1) is 0 Å². The molecule has 132 valence electrons. The van der Waals surface area contributed by atoms with E-state index in [1.54, 1.807) is 30.3 Å². The molecule has 2 heterocycles. The van der Waals surface area contributed by atoms with Gasteiger partial charge >= 0.3 is 0 Å². The van der Waals surface area contributed by atoms with Gasteiger partial charge in [0.25, 0.3) is 5.56 Å². The number of ether oxygens (including phenoxy) is 2. The lowest BCUT2D eigenvalue weighted by atomic mass is 10.2. The van der Waals surface area contributed by atoms with Crippen molar-refractivity contribution < 1.29 is 14.3 Å². The van der Waals surface area contributed by atoms with E-state index in [0.29, 0.717) is 41.4 Å². The predicted molar refractivity (Wildman–Crippen MR) is 96.7 cm³/mol. The van der Waals surface area contributed by atoms with E-state index in [2.05, 4.69) is 10.3 Å². The monoisotopic (exact) mass is 351 g/mol. The number of anilines is 1. The largest absolute Gasteiger partial charge is 0.490 e. The number of carbonyl (C=O) groups excluding carboxylic acids is 1. The number of rotatable bonds is 3. The van der Waals surface area contributed by atoms with Crippen LogP contribution >= 0.6 is 0 Å². The first kappa shape index (κ1) is 16.1. The Balaban J connectivity index is 1.56. The molecule has 0 spiro atoms. The lowest BCUT2D eigenvalue weighted by molar-refractivity contribution is -0.116. The van der Waals surface area contributed by atoms with Crippen molar-refractivity contribution in [2.75, 3.05) is 18.5 Å². The molecule has 26 heavy (non-hydrogen) atoms. The first-order valence-corrected chi connectivity index (χ1v) is 8.35. The topological polar surface area (TPSA) is 82.5 Å². The average molecular weight is 351 g/mol. The van der Waals surface area contributed by atoms with Gasteiger partial charge in [-0.25, -0.2) is 4.98 Å². The van der Waals surface area contributed by atoms with Crippen LogP contribution in [0.4, 0.5) is 5.69 Å². The summed E-state index contributed by atoms with van der Waals surface area (Å²) in [6.07, 6.45) is 2.04. The molecule has 3 aromatic rings. The standard InChI is InChI=1S/C19H17N3O4/c23-18(12-22-15-5-2-1-4-14(15)20-11-19(22)24)21-13-6-7-16-17(10-13)26-9-3-8-25-16/h1-2,4-7,10-11H,3,8-9,12H2,(H,21,23). The Morgan fingerprint density at radius 2 is 1.92 bits per heavy atom. The summed E-state index contributed by atoms with van der Waals surface area (Å²) in [6, 6.07) is 12.5. The maximum Gasteiger partial charge on any atom is 0.269 e. The molecule has 2 aromatic carbocycles. The fourth-order valence-electron chi connectivity index (χ4n) is 2.86. The molecule has 1 aliphatic rings. The van der Waals surface area contributed by atoms with Crippen molar-refractivity contribution in [3.63, 3.8) is 0 Å². The second kappa shape index (κ2) is 6.87. The Hall–Kier alpha value is -3.35. The van der Waals surface area contributed by atoms with Gasteiger partial charge in [0, 0.05) is 18.2 Å². The molecule has 0 radical (unpaired) electrons. The van der Waals surface area contributed by atoms with E-state index < -0.39 is 0 Å². The predicted octanol–water partition coefficient (Wildman–Crippen LogP) is 2.20. The molecule has 0 aliphatic carbocycles. The Bertz CT molecular complexity index is 1030. The highest BCUT2D eigenvalue weighted by atomic mass is 16.5. The molecule has 0 unspecified atom stereocenters. The Labute approximate surface area is 149 Å². The molecule has 1 aromatic heterocycles. The zero-order valence-corrected chi connectivity index (χ0v) is 14.0. The fraction of sp³-hybridized carbons (Fsp3) is 0.211. The van der Waals surface area contributed by atoms with Crippen molar-refractivity contribution in [3.05, 3.63) is 59.0 Å². The number of hydrogen-bond donors (Lipinski definition) is 1. The molecule has 0 saturated carbocycles. The summed E-state index contributed by atoms with van der Waals surface area (Å²) >= 11 is 0. The van der Waals surface area contributed by atoms with E-state index >= 15 is 0 Å². The van der Waals surface area contributed by atoms with E-state index in [0.717, 1.165) is 6.42 Å². The number of nitrogens with one attached hydrogen (secondary N) is 1. The maximum atomic E-state index is 12.5. The lowest BCUT2D eigenvalue weighted by Crippen LogP contribution is -2.28. The smallest absolute Gasteiger partial charge is 0.269 e. The lowest BCUT2D eigenvalue weighted by Gasteiger charge is -2.12. The van der Waals surface area contributed by atoms with Crippen LogP contribution in [0.2, 0.25) is 0 Å². The Morgan fingerprint density at radius 1 is 1.12 bits per heavy atom. The summed E-state index contributed by atoms with van der Waals surface area (Å²) in [7, 11) is 0. The second-order valence-electron chi connectivity index (χ2n) is 5.93. The van der Waals surface area contributed by atoms with Crippen LogP contribution in [0.5, 0.6) is 11.5 Å². The highest BCUT2D eigenvalue weighted by molar-refractivity contribution is 5.91. The van der Waals surface area contributed by atoms with Gasteiger partial charge in [0.15, 0.2) is 11.5 Å². The number of para-hydroxylation sites is 2. The normalized spacial score (nSPS) is 13.2. The molecule has 1 aliphatic heterocycles. The van der Waals surface area contributed by atoms with Gasteiger partial charge in [-0.2, -0.15) is 0 Å². The molecule has 7 heteroatoms. The molecule has 1 amide bonds. The number of hydrogen-bond acceptors (Lipinski definition) is 5. The van der Waals surface area contributed by atoms with Crippen LogP contribution in [-0.2, 0) is 11.3 Å². The van der Waals surface area contributed by atoms with Gasteiger partial charge in [-0.15, -0.1) is 0 Å². The van der Waals surface area contributed by atoms with Crippen LogP contribution in [0.25, 0.3) is 11.0 Å². The van der Waals surface area contributed by atoms with Crippen LogP contribution in [0.3, 0.4) is 0 Å². The van der Waals surface area contributed by atoms with Crippen LogP contribution < -0.4 is 20.3 Å². The first-order valence-electron chi connectivity index (χ1n) is 8.35. The van der Waals surface area contributed by atoms with Gasteiger partial charge in [0.1, 0.15) is 6.54 Å². The van der Waals surface area contributed by atoms with Gasteiger partial charge in [-0.3, -0.25) is 14.2 Å².